The minimum Gasteiger partial charge on any atom is -0.475 e. The first-order chi connectivity index (χ1) is 8.70. The molecule has 0 bridgehead atoms. The van der Waals surface area contributed by atoms with E-state index in [2.05, 4.69) is 10.3 Å². The van der Waals surface area contributed by atoms with Gasteiger partial charge in [0.1, 0.15) is 11.4 Å². The van der Waals surface area contributed by atoms with Gasteiger partial charge in [-0.1, -0.05) is 12.1 Å². The number of halogens is 1. The van der Waals surface area contributed by atoms with E-state index in [9.17, 15) is 4.79 Å². The second kappa shape index (κ2) is 4.78. The van der Waals surface area contributed by atoms with Gasteiger partial charge in [-0.25, -0.2) is 9.79 Å². The van der Waals surface area contributed by atoms with E-state index in [1.54, 1.807) is 13.1 Å². The van der Waals surface area contributed by atoms with Gasteiger partial charge in [-0.15, -0.1) is 12.4 Å². The van der Waals surface area contributed by atoms with Crippen molar-refractivity contribution in [3.8, 4) is 0 Å². The lowest BCUT2D eigenvalue weighted by Gasteiger charge is -1.98. The van der Waals surface area contributed by atoms with Crippen LogP contribution in [0.3, 0.4) is 0 Å². The average molecular weight is 279 g/mol. The van der Waals surface area contributed by atoms with Crippen molar-refractivity contribution in [1.82, 2.24) is 5.32 Å². The number of nitrogens with one attached hydrogen (secondary N) is 1. The predicted molar refractivity (Wildman–Crippen MR) is 75.1 cm³/mol. The van der Waals surface area contributed by atoms with Gasteiger partial charge in [-0.05, 0) is 17.7 Å². The smallest absolute Gasteiger partial charge is 0.372 e. The quantitative estimate of drug-likeness (QED) is 0.885. The molecule has 0 amide bonds. The summed E-state index contributed by atoms with van der Waals surface area (Å²) >= 11 is 0. The Hall–Kier alpha value is -2.27. The molecule has 1 aromatic carbocycles. The van der Waals surface area contributed by atoms with Crippen molar-refractivity contribution < 1.29 is 14.3 Å². The molecule has 6 heteroatoms. The first kappa shape index (κ1) is 13.2. The molecule has 0 fully saturated rings. The van der Waals surface area contributed by atoms with Crippen molar-refractivity contribution in [3.05, 3.63) is 40.9 Å². The third-order valence-electron chi connectivity index (χ3n) is 2.86. The van der Waals surface area contributed by atoms with E-state index in [0.717, 1.165) is 10.9 Å². The fourth-order valence-electron chi connectivity index (χ4n) is 2.06. The van der Waals surface area contributed by atoms with Crippen LogP contribution in [0.25, 0.3) is 17.0 Å². The maximum absolute atomic E-state index is 11.2. The van der Waals surface area contributed by atoms with Crippen LogP contribution in [-0.2, 0) is 0 Å². The van der Waals surface area contributed by atoms with Crippen LogP contribution in [-0.4, -0.2) is 24.3 Å². The van der Waals surface area contributed by atoms with E-state index in [1.165, 1.54) is 6.21 Å². The van der Waals surface area contributed by atoms with Crippen molar-refractivity contribution in [2.45, 2.75) is 0 Å². The molecule has 0 saturated heterocycles. The van der Waals surface area contributed by atoms with E-state index in [4.69, 9.17) is 9.52 Å². The zero-order valence-electron chi connectivity index (χ0n) is 10.0. The number of aromatic carboxylic acids is 1. The molecule has 2 aromatic rings. The summed E-state index contributed by atoms with van der Waals surface area (Å²) in [4.78, 5) is 15.4. The van der Waals surface area contributed by atoms with Crippen LogP contribution in [0, 0.1) is 0 Å². The number of carbonyl (C=O) groups is 1. The number of aliphatic imine (C=N–C) groups is 1. The molecule has 0 spiro atoms. The lowest BCUT2D eigenvalue weighted by atomic mass is 10.1. The van der Waals surface area contributed by atoms with Crippen molar-refractivity contribution in [2.75, 3.05) is 7.05 Å². The molecule has 0 atom stereocenters. The fourth-order valence-corrected chi connectivity index (χ4v) is 2.06. The highest BCUT2D eigenvalue weighted by molar-refractivity contribution is 6.10. The Morgan fingerprint density at radius 1 is 1.42 bits per heavy atom. The molecule has 1 aliphatic rings. The minimum atomic E-state index is -1.09. The Balaban J connectivity index is 0.00000133. The molecule has 2 heterocycles. The number of carboxylic acid groups (broad SMARTS) is 1. The minimum absolute atomic E-state index is 0. The van der Waals surface area contributed by atoms with Crippen LogP contribution in [0.1, 0.15) is 21.7 Å². The van der Waals surface area contributed by atoms with Crippen LogP contribution >= 0.6 is 12.4 Å². The van der Waals surface area contributed by atoms with Gasteiger partial charge in [0.15, 0.2) is 0 Å². The van der Waals surface area contributed by atoms with Gasteiger partial charge in [0.2, 0.25) is 5.76 Å². The second-order valence-electron chi connectivity index (χ2n) is 3.91. The summed E-state index contributed by atoms with van der Waals surface area (Å²) in [5, 5.41) is 12.9. The van der Waals surface area contributed by atoms with Gasteiger partial charge in [-0.3, -0.25) is 0 Å². The Morgan fingerprint density at radius 2 is 2.21 bits per heavy atom. The number of furan rings is 1. The van der Waals surface area contributed by atoms with Crippen LogP contribution in [0.5, 0.6) is 0 Å². The largest absolute Gasteiger partial charge is 0.475 e. The van der Waals surface area contributed by atoms with Gasteiger partial charge in [-0.2, -0.15) is 0 Å². The van der Waals surface area contributed by atoms with E-state index < -0.39 is 5.97 Å². The lowest BCUT2D eigenvalue weighted by Crippen LogP contribution is -2.03. The highest BCUT2D eigenvalue weighted by atomic mass is 35.5. The molecular weight excluding hydrogens is 268 g/mol. The van der Waals surface area contributed by atoms with Gasteiger partial charge >= 0.3 is 5.97 Å². The first-order valence-electron chi connectivity index (χ1n) is 5.43. The topological polar surface area (TPSA) is 74.8 Å². The molecule has 1 aliphatic heterocycles. The molecule has 0 aliphatic carbocycles. The zero-order valence-corrected chi connectivity index (χ0v) is 10.8. The van der Waals surface area contributed by atoms with Crippen LogP contribution in [0.15, 0.2) is 33.4 Å². The van der Waals surface area contributed by atoms with Gasteiger partial charge in [0, 0.05) is 18.6 Å². The van der Waals surface area contributed by atoms with Crippen LogP contribution in [0.2, 0.25) is 0 Å². The summed E-state index contributed by atoms with van der Waals surface area (Å²) < 4.78 is 5.36. The monoisotopic (exact) mass is 278 g/mol. The molecule has 1 aromatic heterocycles. The molecular formula is C13H11ClN2O3. The van der Waals surface area contributed by atoms with Gasteiger partial charge < -0.3 is 14.8 Å². The molecule has 0 saturated carbocycles. The van der Waals surface area contributed by atoms with E-state index in [1.807, 2.05) is 18.2 Å². The molecule has 19 heavy (non-hydrogen) atoms. The Bertz CT molecular complexity index is 716. The maximum atomic E-state index is 11.2. The molecule has 3 rings (SSSR count). The second-order valence-corrected chi connectivity index (χ2v) is 3.91. The molecule has 5 nitrogen and oxygen atoms in total. The van der Waals surface area contributed by atoms with E-state index in [0.29, 0.717) is 17.0 Å². The summed E-state index contributed by atoms with van der Waals surface area (Å²) in [6.45, 7) is 0. The Morgan fingerprint density at radius 3 is 2.89 bits per heavy atom. The van der Waals surface area contributed by atoms with Crippen LogP contribution in [0.4, 0.5) is 0 Å². The average Bonchev–Trinajstić information content (AvgIpc) is 2.62. The number of hydrogen-bond acceptors (Lipinski definition) is 4. The normalized spacial score (nSPS) is 12.6. The number of nitrogens with zero attached hydrogens (tertiary/aromatic N) is 1. The van der Waals surface area contributed by atoms with Gasteiger partial charge in [0.05, 0.1) is 5.56 Å². The van der Waals surface area contributed by atoms with E-state index >= 15 is 0 Å². The van der Waals surface area contributed by atoms with Crippen molar-refractivity contribution in [2.24, 2.45) is 4.99 Å². The van der Waals surface area contributed by atoms with Gasteiger partial charge in [0.25, 0.3) is 0 Å². The van der Waals surface area contributed by atoms with Crippen LogP contribution < -0.4 is 5.32 Å². The third-order valence-corrected chi connectivity index (χ3v) is 2.86. The summed E-state index contributed by atoms with van der Waals surface area (Å²) in [6, 6.07) is 5.48. The fraction of sp³-hybridized carbons (Fsp3) is 0.0769. The summed E-state index contributed by atoms with van der Waals surface area (Å²) in [5.41, 5.74) is 1.95. The third kappa shape index (κ3) is 1.98. The SMILES string of the molecule is CNC1=Cc2cccc3oc(C(=O)O)c(c23)C=N1.Cl. The highest BCUT2D eigenvalue weighted by Crippen LogP contribution is 2.30. The Labute approximate surface area is 115 Å². The summed E-state index contributed by atoms with van der Waals surface area (Å²) in [7, 11) is 1.77. The number of hydrogen-bond donors (Lipinski definition) is 2. The summed E-state index contributed by atoms with van der Waals surface area (Å²) in [6.07, 6.45) is 3.38. The highest BCUT2D eigenvalue weighted by Gasteiger charge is 2.21. The summed E-state index contributed by atoms with van der Waals surface area (Å²) in [5.74, 6) is -0.492. The van der Waals surface area contributed by atoms with Crippen molar-refractivity contribution in [1.29, 1.82) is 0 Å². The molecule has 0 unspecified atom stereocenters. The number of rotatable bonds is 2. The maximum Gasteiger partial charge on any atom is 0.372 e. The first-order valence-corrected chi connectivity index (χ1v) is 5.43. The van der Waals surface area contributed by atoms with E-state index in [-0.39, 0.29) is 18.2 Å². The zero-order chi connectivity index (χ0) is 12.7. The lowest BCUT2D eigenvalue weighted by molar-refractivity contribution is 0.0665. The predicted octanol–water partition coefficient (Wildman–Crippen LogP) is 2.50. The number of carboxylic acids is 1. The van der Waals surface area contributed by atoms with Crippen molar-refractivity contribution >= 4 is 41.6 Å². The Kier molecular flexibility index (Phi) is 3.31. The van der Waals surface area contributed by atoms with Crippen molar-refractivity contribution in [3.63, 3.8) is 0 Å². The number of benzene rings is 1. The molecule has 2 N–H and O–H groups in total. The standard InChI is InChI=1S/C13H10N2O3.ClH/c1-14-10-5-7-3-2-4-9-11(7)8(6-15-10)12(18-9)13(16)17;/h2-6,14H,1H3,(H,16,17);1H. The molecule has 98 valence electrons. The molecule has 0 radical (unpaired) electrons.